The van der Waals surface area contributed by atoms with Crippen molar-refractivity contribution in [2.24, 2.45) is 0 Å². The zero-order valence-electron chi connectivity index (χ0n) is 9.45. The molecule has 0 saturated heterocycles. The Kier molecular flexibility index (Phi) is 7.62. The molecule has 0 fully saturated rings. The zero-order valence-corrected chi connectivity index (χ0v) is 9.45. The largest absolute Gasteiger partial charge is 0.481 e. The first-order chi connectivity index (χ1) is 7.10. The zero-order chi connectivity index (χ0) is 11.7. The molecule has 0 unspecified atom stereocenters. The lowest BCUT2D eigenvalue weighted by molar-refractivity contribution is -0.140. The Morgan fingerprint density at radius 1 is 1.27 bits per heavy atom. The summed E-state index contributed by atoms with van der Waals surface area (Å²) in [4.78, 5) is 23.4. The van der Waals surface area contributed by atoms with E-state index in [1.54, 1.807) is 0 Å². The summed E-state index contributed by atoms with van der Waals surface area (Å²) in [6.45, 7) is 7.65. The average Bonchev–Trinajstić information content (AvgIpc) is 2.17. The number of nitrogens with zero attached hydrogens (tertiary/aromatic N) is 1. The van der Waals surface area contributed by atoms with Gasteiger partial charge in [0.1, 0.15) is 6.42 Å². The summed E-state index contributed by atoms with van der Waals surface area (Å²) in [6, 6.07) is 0. The number of carbonyl (C=O) groups is 2. The van der Waals surface area contributed by atoms with Gasteiger partial charge in [0.05, 0.1) is 0 Å². The van der Waals surface area contributed by atoms with Crippen LogP contribution in [0.2, 0.25) is 0 Å². The fourth-order valence-corrected chi connectivity index (χ4v) is 1.27. The molecule has 5 nitrogen and oxygen atoms in total. The van der Waals surface area contributed by atoms with Crippen molar-refractivity contribution in [2.45, 2.75) is 26.7 Å². The molecule has 0 aliphatic rings. The summed E-state index contributed by atoms with van der Waals surface area (Å²) >= 11 is 0. The molecular weight excluding hydrogens is 196 g/mol. The Labute approximate surface area is 90.5 Å². The van der Waals surface area contributed by atoms with E-state index in [1.807, 2.05) is 0 Å². The van der Waals surface area contributed by atoms with Crippen LogP contribution in [-0.4, -0.2) is 48.1 Å². The van der Waals surface area contributed by atoms with Crippen molar-refractivity contribution in [1.82, 2.24) is 10.2 Å². The highest BCUT2D eigenvalue weighted by Crippen LogP contribution is 1.89. The van der Waals surface area contributed by atoms with E-state index in [-0.39, 0.29) is 0 Å². The third kappa shape index (κ3) is 7.93. The van der Waals surface area contributed by atoms with Gasteiger partial charge in [-0.3, -0.25) is 9.59 Å². The number of carboxylic acid groups (broad SMARTS) is 1. The Morgan fingerprint density at radius 3 is 2.33 bits per heavy atom. The van der Waals surface area contributed by atoms with Crippen LogP contribution in [0, 0.1) is 0 Å². The van der Waals surface area contributed by atoms with Crippen molar-refractivity contribution in [3.05, 3.63) is 0 Å². The quantitative estimate of drug-likeness (QED) is 0.452. The summed E-state index contributed by atoms with van der Waals surface area (Å²) in [5, 5.41) is 10.9. The average molecular weight is 216 g/mol. The predicted molar refractivity (Wildman–Crippen MR) is 57.7 cm³/mol. The summed E-state index contributed by atoms with van der Waals surface area (Å²) in [6.07, 6.45) is 0.415. The lowest BCUT2D eigenvalue weighted by Crippen LogP contribution is -2.30. The van der Waals surface area contributed by atoms with Gasteiger partial charge in [0.15, 0.2) is 0 Å². The van der Waals surface area contributed by atoms with Crippen molar-refractivity contribution in [1.29, 1.82) is 0 Å². The number of rotatable bonds is 8. The molecule has 0 aromatic heterocycles. The third-order valence-electron chi connectivity index (χ3n) is 2.18. The number of carboxylic acids is 1. The summed E-state index contributed by atoms with van der Waals surface area (Å²) < 4.78 is 0. The van der Waals surface area contributed by atoms with Crippen LogP contribution in [0.4, 0.5) is 0 Å². The SMILES string of the molecule is CCN(CC)CCCNC(=O)CC(=O)O. The number of amides is 1. The summed E-state index contributed by atoms with van der Waals surface area (Å²) in [5.41, 5.74) is 0. The normalized spacial score (nSPS) is 10.3. The lowest BCUT2D eigenvalue weighted by atomic mass is 10.3. The molecule has 0 aliphatic heterocycles. The van der Waals surface area contributed by atoms with Crippen LogP contribution in [0.5, 0.6) is 0 Å². The maximum atomic E-state index is 10.9. The van der Waals surface area contributed by atoms with E-state index in [0.717, 1.165) is 26.1 Å². The molecule has 0 rings (SSSR count). The van der Waals surface area contributed by atoms with Crippen LogP contribution < -0.4 is 5.32 Å². The van der Waals surface area contributed by atoms with Crippen LogP contribution in [0.3, 0.4) is 0 Å². The molecule has 0 bridgehead atoms. The fourth-order valence-electron chi connectivity index (χ4n) is 1.27. The first-order valence-corrected chi connectivity index (χ1v) is 5.31. The van der Waals surface area contributed by atoms with Crippen molar-refractivity contribution in [2.75, 3.05) is 26.2 Å². The van der Waals surface area contributed by atoms with Crippen molar-refractivity contribution < 1.29 is 14.7 Å². The van der Waals surface area contributed by atoms with Crippen molar-refractivity contribution >= 4 is 11.9 Å². The molecule has 0 atom stereocenters. The van der Waals surface area contributed by atoms with Gasteiger partial charge in [-0.1, -0.05) is 13.8 Å². The van der Waals surface area contributed by atoms with E-state index >= 15 is 0 Å². The molecule has 0 aromatic carbocycles. The minimum absolute atomic E-state index is 0.415. The molecule has 0 heterocycles. The first-order valence-electron chi connectivity index (χ1n) is 5.31. The Morgan fingerprint density at radius 2 is 1.87 bits per heavy atom. The number of hydrogen-bond donors (Lipinski definition) is 2. The minimum atomic E-state index is -1.09. The monoisotopic (exact) mass is 216 g/mol. The molecule has 0 radical (unpaired) electrons. The van der Waals surface area contributed by atoms with E-state index in [9.17, 15) is 9.59 Å². The van der Waals surface area contributed by atoms with Gasteiger partial charge in [0, 0.05) is 6.54 Å². The molecule has 0 saturated carbocycles. The molecule has 0 aliphatic carbocycles. The van der Waals surface area contributed by atoms with E-state index < -0.39 is 18.3 Å². The van der Waals surface area contributed by atoms with Gasteiger partial charge in [-0.15, -0.1) is 0 Å². The predicted octanol–water partition coefficient (Wildman–Crippen LogP) is 0.309. The molecule has 88 valence electrons. The van der Waals surface area contributed by atoms with E-state index in [1.165, 1.54) is 0 Å². The van der Waals surface area contributed by atoms with Gasteiger partial charge < -0.3 is 15.3 Å². The van der Waals surface area contributed by atoms with Gasteiger partial charge in [-0.05, 0) is 26.1 Å². The lowest BCUT2D eigenvalue weighted by Gasteiger charge is -2.17. The second-order valence-electron chi connectivity index (χ2n) is 3.30. The minimum Gasteiger partial charge on any atom is -0.481 e. The number of nitrogens with one attached hydrogen (secondary N) is 1. The van der Waals surface area contributed by atoms with Gasteiger partial charge in [0.25, 0.3) is 0 Å². The maximum Gasteiger partial charge on any atom is 0.312 e. The topological polar surface area (TPSA) is 69.6 Å². The summed E-state index contributed by atoms with van der Waals surface area (Å²) in [5.74, 6) is -1.50. The highest BCUT2D eigenvalue weighted by Gasteiger charge is 2.06. The van der Waals surface area contributed by atoms with Gasteiger partial charge in [-0.25, -0.2) is 0 Å². The molecule has 1 amide bonds. The second-order valence-corrected chi connectivity index (χ2v) is 3.30. The summed E-state index contributed by atoms with van der Waals surface area (Å²) in [7, 11) is 0. The van der Waals surface area contributed by atoms with E-state index in [0.29, 0.717) is 6.54 Å². The van der Waals surface area contributed by atoms with Crippen molar-refractivity contribution in [3.8, 4) is 0 Å². The first kappa shape index (κ1) is 13.9. The molecule has 15 heavy (non-hydrogen) atoms. The van der Waals surface area contributed by atoms with Gasteiger partial charge in [0.2, 0.25) is 5.91 Å². The van der Waals surface area contributed by atoms with E-state index in [2.05, 4.69) is 24.1 Å². The van der Waals surface area contributed by atoms with Crippen LogP contribution in [-0.2, 0) is 9.59 Å². The number of hydrogen-bond acceptors (Lipinski definition) is 3. The van der Waals surface area contributed by atoms with Crippen LogP contribution >= 0.6 is 0 Å². The smallest absolute Gasteiger partial charge is 0.312 e. The molecular formula is C10H20N2O3. The molecule has 2 N–H and O–H groups in total. The maximum absolute atomic E-state index is 10.9. The highest BCUT2D eigenvalue weighted by atomic mass is 16.4. The second kappa shape index (κ2) is 8.23. The standard InChI is InChI=1S/C10H20N2O3/c1-3-12(4-2)7-5-6-11-9(13)8-10(14)15/h3-8H2,1-2H3,(H,11,13)(H,14,15). The fraction of sp³-hybridized carbons (Fsp3) is 0.800. The Balaban J connectivity index is 3.45. The van der Waals surface area contributed by atoms with E-state index in [4.69, 9.17) is 5.11 Å². The van der Waals surface area contributed by atoms with Crippen LogP contribution in [0.15, 0.2) is 0 Å². The Hall–Kier alpha value is -1.10. The molecule has 5 heteroatoms. The number of carbonyl (C=O) groups excluding carboxylic acids is 1. The molecule has 0 aromatic rings. The third-order valence-corrected chi connectivity index (χ3v) is 2.18. The Bertz CT molecular complexity index is 203. The molecule has 0 spiro atoms. The van der Waals surface area contributed by atoms with Gasteiger partial charge in [-0.2, -0.15) is 0 Å². The van der Waals surface area contributed by atoms with Crippen LogP contribution in [0.25, 0.3) is 0 Å². The van der Waals surface area contributed by atoms with Crippen LogP contribution in [0.1, 0.15) is 26.7 Å². The van der Waals surface area contributed by atoms with Crippen molar-refractivity contribution in [3.63, 3.8) is 0 Å². The number of aliphatic carboxylic acids is 1. The van der Waals surface area contributed by atoms with Gasteiger partial charge >= 0.3 is 5.97 Å². The highest BCUT2D eigenvalue weighted by molar-refractivity contribution is 5.93.